The number of rotatable bonds is 6. The van der Waals surface area contributed by atoms with Crippen LogP contribution in [0.2, 0.25) is 0 Å². The summed E-state index contributed by atoms with van der Waals surface area (Å²) in [5.41, 5.74) is 2.62. The van der Waals surface area contributed by atoms with E-state index in [4.69, 9.17) is 4.74 Å². The first-order chi connectivity index (χ1) is 13.1. The van der Waals surface area contributed by atoms with Crippen molar-refractivity contribution >= 4 is 43.5 Å². The number of amides is 1. The highest BCUT2D eigenvalue weighted by Crippen LogP contribution is 2.25. The van der Waals surface area contributed by atoms with Crippen LogP contribution in [-0.4, -0.2) is 19.6 Å². The molecule has 0 unspecified atom stereocenters. The van der Waals surface area contributed by atoms with Crippen molar-refractivity contribution in [3.8, 4) is 5.75 Å². The van der Waals surface area contributed by atoms with Gasteiger partial charge >= 0.3 is 0 Å². The van der Waals surface area contributed by atoms with Gasteiger partial charge in [-0.25, -0.2) is 0 Å². The lowest BCUT2D eigenvalue weighted by Gasteiger charge is -2.24. The first-order valence-corrected chi connectivity index (χ1v) is 10.1. The Morgan fingerprint density at radius 1 is 0.963 bits per heavy atom. The molecule has 138 valence electrons. The molecule has 1 amide bonds. The maximum Gasteiger partial charge on any atom is 0.259 e. The molecule has 5 heteroatoms. The number of halogens is 2. The molecule has 0 aliphatic heterocycles. The van der Waals surface area contributed by atoms with Gasteiger partial charge in [0.25, 0.3) is 5.91 Å². The van der Waals surface area contributed by atoms with Gasteiger partial charge in [0.15, 0.2) is 0 Å². The molecule has 3 rings (SSSR count). The second kappa shape index (κ2) is 9.20. The van der Waals surface area contributed by atoms with Crippen molar-refractivity contribution in [3.63, 3.8) is 0 Å². The molecule has 0 fully saturated rings. The van der Waals surface area contributed by atoms with Gasteiger partial charge in [-0.2, -0.15) is 0 Å². The summed E-state index contributed by atoms with van der Waals surface area (Å²) in [7, 11) is 1.66. The first kappa shape index (κ1) is 19.6. The van der Waals surface area contributed by atoms with Crippen LogP contribution in [-0.2, 0) is 6.42 Å². The minimum atomic E-state index is -0.0385. The lowest BCUT2D eigenvalue weighted by Crippen LogP contribution is -2.33. The number of hydrogen-bond acceptors (Lipinski definition) is 2. The van der Waals surface area contributed by atoms with Crippen LogP contribution >= 0.6 is 31.9 Å². The molecule has 0 aliphatic rings. The van der Waals surface area contributed by atoms with Crippen molar-refractivity contribution in [2.45, 2.75) is 6.42 Å². The maximum absolute atomic E-state index is 13.3. The Morgan fingerprint density at radius 2 is 1.74 bits per heavy atom. The van der Waals surface area contributed by atoms with Gasteiger partial charge < -0.3 is 9.64 Å². The molecule has 0 spiro atoms. The van der Waals surface area contributed by atoms with Crippen LogP contribution in [0, 0.1) is 0 Å². The molecule has 3 aromatic rings. The molecule has 0 saturated heterocycles. The average molecular weight is 489 g/mol. The van der Waals surface area contributed by atoms with Crippen LogP contribution < -0.4 is 9.64 Å². The third-order valence-corrected chi connectivity index (χ3v) is 5.41. The predicted molar refractivity (Wildman–Crippen MR) is 117 cm³/mol. The number of carbonyl (C=O) groups is 1. The molecule has 0 aromatic heterocycles. The normalized spacial score (nSPS) is 10.5. The number of benzene rings is 3. The number of methoxy groups -OCH3 is 1. The molecule has 3 nitrogen and oxygen atoms in total. The smallest absolute Gasteiger partial charge is 0.259 e. The van der Waals surface area contributed by atoms with Gasteiger partial charge in [0.2, 0.25) is 0 Å². The summed E-state index contributed by atoms with van der Waals surface area (Å²) in [6, 6.07) is 23.2. The lowest BCUT2D eigenvalue weighted by atomic mass is 10.1. The third kappa shape index (κ3) is 4.99. The van der Waals surface area contributed by atoms with Gasteiger partial charge in [0, 0.05) is 21.2 Å². The largest absolute Gasteiger partial charge is 0.497 e. The Bertz CT molecular complexity index is 943. The molecular weight excluding hydrogens is 470 g/mol. The summed E-state index contributed by atoms with van der Waals surface area (Å²) in [5.74, 6) is 0.780. The average Bonchev–Trinajstić information content (AvgIpc) is 2.68. The standard InChI is InChI=1S/C22H19Br2NO2/c1-27-19-9-4-6-16(14-19)12-13-25(18-8-5-7-17(23)15-18)22(26)20-10-2-3-11-21(20)24/h2-11,14-15H,12-13H2,1H3. The maximum atomic E-state index is 13.3. The number of anilines is 1. The number of carbonyl (C=O) groups excluding carboxylic acids is 1. The summed E-state index contributed by atoms with van der Waals surface area (Å²) in [6.45, 7) is 0.559. The summed E-state index contributed by atoms with van der Waals surface area (Å²) in [5, 5.41) is 0. The van der Waals surface area contributed by atoms with E-state index in [0.29, 0.717) is 12.1 Å². The van der Waals surface area contributed by atoms with E-state index in [9.17, 15) is 4.79 Å². The summed E-state index contributed by atoms with van der Waals surface area (Å²) < 4.78 is 7.03. The van der Waals surface area contributed by atoms with E-state index >= 15 is 0 Å². The summed E-state index contributed by atoms with van der Waals surface area (Å²) in [6.07, 6.45) is 0.722. The van der Waals surface area contributed by atoms with E-state index in [1.54, 1.807) is 7.11 Å². The fourth-order valence-electron chi connectivity index (χ4n) is 2.84. The topological polar surface area (TPSA) is 29.5 Å². The molecular formula is C22H19Br2NO2. The minimum Gasteiger partial charge on any atom is -0.497 e. The Labute approximate surface area is 176 Å². The highest BCUT2D eigenvalue weighted by Gasteiger charge is 2.20. The van der Waals surface area contributed by atoms with Crippen molar-refractivity contribution in [2.75, 3.05) is 18.6 Å². The predicted octanol–water partition coefficient (Wildman–Crippen LogP) is 6.11. The molecule has 3 aromatic carbocycles. The minimum absolute atomic E-state index is 0.0385. The molecule has 0 heterocycles. The third-order valence-electron chi connectivity index (χ3n) is 4.23. The van der Waals surface area contributed by atoms with Crippen LogP contribution in [0.25, 0.3) is 0 Å². The van der Waals surface area contributed by atoms with E-state index in [1.165, 1.54) is 0 Å². The molecule has 0 radical (unpaired) electrons. The monoisotopic (exact) mass is 487 g/mol. The quantitative estimate of drug-likeness (QED) is 0.419. The highest BCUT2D eigenvalue weighted by atomic mass is 79.9. The first-order valence-electron chi connectivity index (χ1n) is 8.53. The molecule has 0 bridgehead atoms. The van der Waals surface area contributed by atoms with E-state index in [2.05, 4.69) is 31.9 Å². The number of ether oxygens (including phenoxy) is 1. The van der Waals surface area contributed by atoms with Crippen LogP contribution in [0.5, 0.6) is 5.75 Å². The van der Waals surface area contributed by atoms with Gasteiger partial charge in [-0.15, -0.1) is 0 Å². The Hall–Kier alpha value is -2.11. The van der Waals surface area contributed by atoms with Crippen molar-refractivity contribution < 1.29 is 9.53 Å². The van der Waals surface area contributed by atoms with Crippen LogP contribution in [0.3, 0.4) is 0 Å². The molecule has 0 aliphatic carbocycles. The van der Waals surface area contributed by atoms with Crippen molar-refractivity contribution in [1.82, 2.24) is 0 Å². The zero-order valence-corrected chi connectivity index (χ0v) is 18.0. The molecule has 0 atom stereocenters. The zero-order valence-electron chi connectivity index (χ0n) is 14.9. The SMILES string of the molecule is COc1cccc(CCN(C(=O)c2ccccc2Br)c2cccc(Br)c2)c1. The Morgan fingerprint density at radius 3 is 2.48 bits per heavy atom. The van der Waals surface area contributed by atoms with Crippen LogP contribution in [0.1, 0.15) is 15.9 Å². The zero-order chi connectivity index (χ0) is 19.2. The van der Waals surface area contributed by atoms with Gasteiger partial charge in [-0.1, -0.05) is 46.3 Å². The van der Waals surface area contributed by atoms with E-state index in [0.717, 1.165) is 32.4 Å². The van der Waals surface area contributed by atoms with Crippen molar-refractivity contribution in [2.24, 2.45) is 0 Å². The Balaban J connectivity index is 1.90. The van der Waals surface area contributed by atoms with Gasteiger partial charge in [-0.05, 0) is 70.4 Å². The Kier molecular flexibility index (Phi) is 6.69. The van der Waals surface area contributed by atoms with Crippen LogP contribution in [0.4, 0.5) is 5.69 Å². The van der Waals surface area contributed by atoms with E-state index in [1.807, 2.05) is 77.7 Å². The van der Waals surface area contributed by atoms with Gasteiger partial charge in [-0.3, -0.25) is 4.79 Å². The summed E-state index contributed by atoms with van der Waals surface area (Å²) >= 11 is 7.00. The van der Waals surface area contributed by atoms with Crippen LogP contribution in [0.15, 0.2) is 81.7 Å². The number of hydrogen-bond donors (Lipinski definition) is 0. The van der Waals surface area contributed by atoms with Crippen molar-refractivity contribution in [3.05, 3.63) is 92.9 Å². The highest BCUT2D eigenvalue weighted by molar-refractivity contribution is 9.10. The van der Waals surface area contributed by atoms with Gasteiger partial charge in [0.05, 0.1) is 12.7 Å². The molecule has 0 N–H and O–H groups in total. The second-order valence-corrected chi connectivity index (χ2v) is 7.79. The van der Waals surface area contributed by atoms with Crippen molar-refractivity contribution in [1.29, 1.82) is 0 Å². The molecule has 27 heavy (non-hydrogen) atoms. The van der Waals surface area contributed by atoms with E-state index < -0.39 is 0 Å². The second-order valence-electron chi connectivity index (χ2n) is 6.02. The summed E-state index contributed by atoms with van der Waals surface area (Å²) in [4.78, 5) is 15.1. The number of nitrogens with zero attached hydrogens (tertiary/aromatic N) is 1. The van der Waals surface area contributed by atoms with E-state index in [-0.39, 0.29) is 5.91 Å². The fraction of sp³-hybridized carbons (Fsp3) is 0.136. The molecule has 0 saturated carbocycles. The van der Waals surface area contributed by atoms with Gasteiger partial charge in [0.1, 0.15) is 5.75 Å². The fourth-order valence-corrected chi connectivity index (χ4v) is 3.68. The lowest BCUT2D eigenvalue weighted by molar-refractivity contribution is 0.0986.